The Labute approximate surface area is 103 Å². The number of carbonyl (C=O) groups is 1. The summed E-state index contributed by atoms with van der Waals surface area (Å²) < 4.78 is 5.25. The van der Waals surface area contributed by atoms with E-state index in [0.29, 0.717) is 39.0 Å². The lowest BCUT2D eigenvalue weighted by atomic mass is 9.89. The van der Waals surface area contributed by atoms with E-state index >= 15 is 0 Å². The second-order valence-corrected chi connectivity index (χ2v) is 4.94. The molecule has 17 heavy (non-hydrogen) atoms. The van der Waals surface area contributed by atoms with Crippen LogP contribution in [0.3, 0.4) is 0 Å². The van der Waals surface area contributed by atoms with E-state index < -0.39 is 5.54 Å². The van der Waals surface area contributed by atoms with Gasteiger partial charge in [0.25, 0.3) is 0 Å². The Morgan fingerprint density at radius 2 is 2.06 bits per heavy atom. The summed E-state index contributed by atoms with van der Waals surface area (Å²) >= 11 is 0. The van der Waals surface area contributed by atoms with E-state index in [1.165, 1.54) is 0 Å². The summed E-state index contributed by atoms with van der Waals surface area (Å²) in [6, 6.07) is 0.109. The van der Waals surface area contributed by atoms with Crippen molar-refractivity contribution in [2.24, 2.45) is 5.73 Å². The van der Waals surface area contributed by atoms with Crippen molar-refractivity contribution in [1.29, 1.82) is 0 Å². The van der Waals surface area contributed by atoms with E-state index in [1.807, 2.05) is 13.8 Å². The third-order valence-corrected chi connectivity index (χ3v) is 3.25. The average Bonchev–Trinajstić information content (AvgIpc) is 2.30. The molecular weight excluding hydrogens is 220 g/mol. The molecule has 1 amide bonds. The van der Waals surface area contributed by atoms with E-state index in [0.717, 1.165) is 0 Å². The van der Waals surface area contributed by atoms with Crippen LogP contribution in [0.5, 0.6) is 0 Å². The van der Waals surface area contributed by atoms with Crippen LogP contribution in [0.25, 0.3) is 0 Å². The quantitative estimate of drug-likeness (QED) is 0.720. The second kappa shape index (κ2) is 6.33. The van der Waals surface area contributed by atoms with Crippen LogP contribution < -0.4 is 5.73 Å². The van der Waals surface area contributed by atoms with E-state index in [4.69, 9.17) is 15.6 Å². The van der Waals surface area contributed by atoms with Crippen LogP contribution in [0.4, 0.5) is 0 Å². The summed E-state index contributed by atoms with van der Waals surface area (Å²) in [5.41, 5.74) is 5.40. The lowest BCUT2D eigenvalue weighted by Crippen LogP contribution is -2.59. The molecule has 0 spiro atoms. The van der Waals surface area contributed by atoms with Gasteiger partial charge in [-0.15, -0.1) is 0 Å². The molecule has 0 atom stereocenters. The number of carbonyl (C=O) groups excluding carboxylic acids is 1. The summed E-state index contributed by atoms with van der Waals surface area (Å²) in [7, 11) is 0. The fraction of sp³-hybridized carbons (Fsp3) is 0.917. The third-order valence-electron chi connectivity index (χ3n) is 3.25. The van der Waals surface area contributed by atoms with Gasteiger partial charge in [0.2, 0.25) is 5.91 Å². The Morgan fingerprint density at radius 1 is 1.47 bits per heavy atom. The SMILES string of the molecule is CC(C)N(CCCO)C(=O)C1(N)CCOCC1. The van der Waals surface area contributed by atoms with Gasteiger partial charge in [0.15, 0.2) is 0 Å². The fourth-order valence-electron chi connectivity index (χ4n) is 2.07. The molecule has 1 rings (SSSR count). The van der Waals surface area contributed by atoms with Gasteiger partial charge >= 0.3 is 0 Å². The van der Waals surface area contributed by atoms with E-state index in [2.05, 4.69) is 0 Å². The van der Waals surface area contributed by atoms with Gasteiger partial charge < -0.3 is 20.5 Å². The first kappa shape index (κ1) is 14.4. The molecule has 0 bridgehead atoms. The number of aliphatic hydroxyl groups is 1. The molecule has 3 N–H and O–H groups in total. The Morgan fingerprint density at radius 3 is 2.53 bits per heavy atom. The molecule has 0 aromatic rings. The van der Waals surface area contributed by atoms with Crippen LogP contribution in [0.1, 0.15) is 33.1 Å². The normalized spacial score (nSPS) is 19.4. The van der Waals surface area contributed by atoms with Gasteiger partial charge in [0.05, 0.1) is 5.54 Å². The smallest absolute Gasteiger partial charge is 0.243 e. The molecule has 5 nitrogen and oxygen atoms in total. The van der Waals surface area contributed by atoms with Crippen LogP contribution in [0, 0.1) is 0 Å². The molecule has 1 saturated heterocycles. The van der Waals surface area contributed by atoms with Crippen molar-refractivity contribution in [3.8, 4) is 0 Å². The lowest BCUT2D eigenvalue weighted by molar-refractivity contribution is -0.142. The zero-order chi connectivity index (χ0) is 12.9. The van der Waals surface area contributed by atoms with Gasteiger partial charge in [-0.3, -0.25) is 4.79 Å². The van der Waals surface area contributed by atoms with Gasteiger partial charge in [-0.1, -0.05) is 0 Å². The van der Waals surface area contributed by atoms with Gasteiger partial charge in [-0.25, -0.2) is 0 Å². The maximum Gasteiger partial charge on any atom is 0.243 e. The summed E-state index contributed by atoms with van der Waals surface area (Å²) in [5.74, 6) is -0.00995. The fourth-order valence-corrected chi connectivity index (χ4v) is 2.07. The number of nitrogens with zero attached hydrogens (tertiary/aromatic N) is 1. The van der Waals surface area contributed by atoms with Crippen molar-refractivity contribution in [3.63, 3.8) is 0 Å². The molecule has 0 aromatic heterocycles. The van der Waals surface area contributed by atoms with Crippen molar-refractivity contribution < 1.29 is 14.6 Å². The highest BCUT2D eigenvalue weighted by molar-refractivity contribution is 5.86. The third kappa shape index (κ3) is 3.66. The summed E-state index contributed by atoms with van der Waals surface area (Å²) in [6.45, 7) is 5.70. The number of amides is 1. The summed E-state index contributed by atoms with van der Waals surface area (Å²) in [6.07, 6.45) is 1.75. The van der Waals surface area contributed by atoms with Crippen LogP contribution >= 0.6 is 0 Å². The average molecular weight is 244 g/mol. The van der Waals surface area contributed by atoms with Crippen molar-refractivity contribution in [2.45, 2.75) is 44.7 Å². The molecule has 0 unspecified atom stereocenters. The second-order valence-electron chi connectivity index (χ2n) is 4.94. The molecule has 0 radical (unpaired) electrons. The highest BCUT2D eigenvalue weighted by Gasteiger charge is 2.39. The molecule has 1 aliphatic rings. The zero-order valence-corrected chi connectivity index (χ0v) is 10.8. The maximum absolute atomic E-state index is 12.4. The van der Waals surface area contributed by atoms with Crippen molar-refractivity contribution in [3.05, 3.63) is 0 Å². The lowest BCUT2D eigenvalue weighted by Gasteiger charge is -2.38. The van der Waals surface area contributed by atoms with Gasteiger partial charge in [0, 0.05) is 32.4 Å². The first-order valence-electron chi connectivity index (χ1n) is 6.30. The standard InChI is InChI=1S/C12H24N2O3/c1-10(2)14(6-3-7-15)11(16)12(13)4-8-17-9-5-12/h10,15H,3-9,13H2,1-2H3. The number of aliphatic hydroxyl groups excluding tert-OH is 1. The Hall–Kier alpha value is -0.650. The molecule has 5 heteroatoms. The Balaban J connectivity index is 2.68. The number of hydrogen-bond donors (Lipinski definition) is 2. The van der Waals surface area contributed by atoms with Crippen LogP contribution in [0.15, 0.2) is 0 Å². The molecule has 1 heterocycles. The topological polar surface area (TPSA) is 75.8 Å². The first-order chi connectivity index (χ1) is 8.01. The molecule has 100 valence electrons. The largest absolute Gasteiger partial charge is 0.396 e. The van der Waals surface area contributed by atoms with Crippen molar-refractivity contribution in [1.82, 2.24) is 4.90 Å². The Kier molecular flexibility index (Phi) is 5.36. The van der Waals surface area contributed by atoms with Crippen LogP contribution in [-0.4, -0.2) is 53.9 Å². The molecular formula is C12H24N2O3. The summed E-state index contributed by atoms with van der Waals surface area (Å²) in [4.78, 5) is 14.2. The van der Waals surface area contributed by atoms with Crippen LogP contribution in [0.2, 0.25) is 0 Å². The van der Waals surface area contributed by atoms with Gasteiger partial charge in [-0.05, 0) is 33.1 Å². The number of rotatable bonds is 5. The first-order valence-corrected chi connectivity index (χ1v) is 6.30. The number of ether oxygens (including phenoxy) is 1. The predicted molar refractivity (Wildman–Crippen MR) is 65.5 cm³/mol. The molecule has 0 aromatic carbocycles. The van der Waals surface area contributed by atoms with Crippen molar-refractivity contribution >= 4 is 5.91 Å². The van der Waals surface area contributed by atoms with Gasteiger partial charge in [-0.2, -0.15) is 0 Å². The highest BCUT2D eigenvalue weighted by atomic mass is 16.5. The Bertz CT molecular complexity index is 250. The maximum atomic E-state index is 12.4. The molecule has 0 saturated carbocycles. The number of nitrogens with two attached hydrogens (primary N) is 1. The monoisotopic (exact) mass is 244 g/mol. The van der Waals surface area contributed by atoms with Crippen molar-refractivity contribution in [2.75, 3.05) is 26.4 Å². The van der Waals surface area contributed by atoms with E-state index in [-0.39, 0.29) is 18.6 Å². The minimum Gasteiger partial charge on any atom is -0.396 e. The molecule has 0 aliphatic carbocycles. The minimum absolute atomic E-state index is 0.00995. The highest BCUT2D eigenvalue weighted by Crippen LogP contribution is 2.21. The van der Waals surface area contributed by atoms with E-state index in [1.54, 1.807) is 4.90 Å². The molecule has 1 aliphatic heterocycles. The summed E-state index contributed by atoms with van der Waals surface area (Å²) in [5, 5.41) is 8.86. The van der Waals surface area contributed by atoms with E-state index in [9.17, 15) is 4.79 Å². The van der Waals surface area contributed by atoms with Gasteiger partial charge in [0.1, 0.15) is 0 Å². The zero-order valence-electron chi connectivity index (χ0n) is 10.8. The molecule has 1 fully saturated rings. The number of hydrogen-bond acceptors (Lipinski definition) is 4. The van der Waals surface area contributed by atoms with Crippen LogP contribution in [-0.2, 0) is 9.53 Å². The minimum atomic E-state index is -0.780. The predicted octanol–water partition coefficient (Wildman–Crippen LogP) is 0.114.